The summed E-state index contributed by atoms with van der Waals surface area (Å²) >= 11 is 0. The van der Waals surface area contributed by atoms with E-state index in [1.54, 1.807) is 0 Å². The second-order valence-electron chi connectivity index (χ2n) is 2.66. The predicted molar refractivity (Wildman–Crippen MR) is 41.6 cm³/mol. The summed E-state index contributed by atoms with van der Waals surface area (Å²) in [6, 6.07) is 3.38. The molecule has 0 saturated heterocycles. The predicted octanol–water partition coefficient (Wildman–Crippen LogP) is 2.79. The van der Waals surface area contributed by atoms with E-state index >= 15 is 0 Å². The highest BCUT2D eigenvalue weighted by Gasteiger charge is 2.17. The molecule has 0 aliphatic rings. The van der Waals surface area contributed by atoms with Crippen molar-refractivity contribution < 1.29 is 17.6 Å². The van der Waals surface area contributed by atoms with Crippen LogP contribution in [0.4, 0.5) is 17.6 Å². The molecule has 0 aliphatic carbocycles. The summed E-state index contributed by atoms with van der Waals surface area (Å²) < 4.78 is 51.3. The number of hydrogen-bond acceptors (Lipinski definition) is 1. The molecule has 2 aromatic rings. The van der Waals surface area contributed by atoms with E-state index in [9.17, 15) is 17.6 Å². The van der Waals surface area contributed by atoms with Gasteiger partial charge >= 0.3 is 0 Å². The maximum absolute atomic E-state index is 13.0. The summed E-state index contributed by atoms with van der Waals surface area (Å²) in [5.74, 6) is -5.85. The molecule has 0 unspecified atom stereocenters. The van der Waals surface area contributed by atoms with Crippen molar-refractivity contribution in [3.05, 3.63) is 41.6 Å². The molecule has 0 aliphatic heterocycles. The molecule has 1 aromatic carbocycles. The Balaban J connectivity index is 2.99. The van der Waals surface area contributed by atoms with Crippen LogP contribution < -0.4 is 0 Å². The second kappa shape index (κ2) is 2.94. The zero-order valence-corrected chi connectivity index (χ0v) is 6.69. The van der Waals surface area contributed by atoms with E-state index in [-0.39, 0.29) is 5.52 Å². The molecule has 0 N–H and O–H groups in total. The number of pyridine rings is 1. The summed E-state index contributed by atoms with van der Waals surface area (Å²) in [7, 11) is 0. The first-order valence-electron chi connectivity index (χ1n) is 3.70. The number of halogens is 4. The molecule has 0 fully saturated rings. The average Bonchev–Trinajstić information content (AvgIpc) is 2.14. The van der Waals surface area contributed by atoms with Gasteiger partial charge in [0.2, 0.25) is 5.82 Å². The highest BCUT2D eigenvalue weighted by molar-refractivity contribution is 5.79. The van der Waals surface area contributed by atoms with Crippen LogP contribution in [0.2, 0.25) is 0 Å². The minimum atomic E-state index is -1.76. The molecule has 0 saturated carbocycles. The second-order valence-corrected chi connectivity index (χ2v) is 2.66. The Morgan fingerprint density at radius 1 is 0.929 bits per heavy atom. The molecule has 5 heteroatoms. The van der Waals surface area contributed by atoms with Gasteiger partial charge < -0.3 is 0 Å². The minimum absolute atomic E-state index is 0.249. The molecule has 0 bridgehead atoms. The monoisotopic (exact) mass is 201 g/mol. The van der Waals surface area contributed by atoms with E-state index in [1.807, 2.05) is 0 Å². The van der Waals surface area contributed by atoms with Crippen molar-refractivity contribution in [1.29, 1.82) is 0 Å². The fourth-order valence-corrected chi connectivity index (χ4v) is 1.18. The molecule has 0 spiro atoms. The Kier molecular flexibility index (Phi) is 1.87. The third-order valence-electron chi connectivity index (χ3n) is 1.80. The minimum Gasteiger partial charge on any atom is -0.217 e. The highest BCUT2D eigenvalue weighted by Crippen LogP contribution is 2.22. The van der Waals surface area contributed by atoms with Crippen molar-refractivity contribution in [2.24, 2.45) is 0 Å². The number of fused-ring (bicyclic) bond motifs is 1. The van der Waals surface area contributed by atoms with Gasteiger partial charge in [0.15, 0.2) is 5.82 Å². The van der Waals surface area contributed by atoms with Crippen molar-refractivity contribution in [2.75, 3.05) is 0 Å². The Hall–Kier alpha value is -1.65. The first kappa shape index (κ1) is 8.93. The maximum atomic E-state index is 13.0. The van der Waals surface area contributed by atoms with Crippen molar-refractivity contribution in [2.45, 2.75) is 0 Å². The van der Waals surface area contributed by atoms with Crippen LogP contribution in [0.15, 0.2) is 18.2 Å². The molecule has 0 radical (unpaired) electrons. The standard InChI is InChI=1S/C9H3F4N/c10-4-2-1-3-5-6(4)7(11)8(12)9(13)14-5/h1-3H. The lowest BCUT2D eigenvalue weighted by atomic mass is 10.2. The van der Waals surface area contributed by atoms with Crippen LogP contribution in [0.1, 0.15) is 0 Å². The molecule has 1 aromatic heterocycles. The fraction of sp³-hybridized carbons (Fsp3) is 0. The maximum Gasteiger partial charge on any atom is 0.252 e. The lowest BCUT2D eigenvalue weighted by molar-refractivity contribution is 0.433. The Morgan fingerprint density at radius 3 is 2.36 bits per heavy atom. The molecule has 14 heavy (non-hydrogen) atoms. The molecule has 0 atom stereocenters. The molecular weight excluding hydrogens is 198 g/mol. The van der Waals surface area contributed by atoms with Crippen LogP contribution in [0.5, 0.6) is 0 Å². The zero-order chi connectivity index (χ0) is 10.3. The van der Waals surface area contributed by atoms with Gasteiger partial charge in [-0.1, -0.05) is 6.07 Å². The Bertz CT molecular complexity index is 510. The quantitative estimate of drug-likeness (QED) is 0.471. The topological polar surface area (TPSA) is 12.9 Å². The third kappa shape index (κ3) is 1.13. The lowest BCUT2D eigenvalue weighted by Crippen LogP contribution is -1.98. The van der Waals surface area contributed by atoms with Gasteiger partial charge in [0.1, 0.15) is 5.82 Å². The molecule has 1 nitrogen and oxygen atoms in total. The number of hydrogen-bond donors (Lipinski definition) is 0. The van der Waals surface area contributed by atoms with Gasteiger partial charge in [0.05, 0.1) is 10.9 Å². The van der Waals surface area contributed by atoms with Crippen molar-refractivity contribution in [3.8, 4) is 0 Å². The highest BCUT2D eigenvalue weighted by atomic mass is 19.2. The van der Waals surface area contributed by atoms with Gasteiger partial charge in [-0.25, -0.2) is 13.8 Å². The molecular formula is C9H3F4N. The number of aromatic nitrogens is 1. The van der Waals surface area contributed by atoms with Crippen LogP contribution >= 0.6 is 0 Å². The van der Waals surface area contributed by atoms with Crippen molar-refractivity contribution in [3.63, 3.8) is 0 Å². The van der Waals surface area contributed by atoms with Crippen molar-refractivity contribution in [1.82, 2.24) is 4.98 Å². The van der Waals surface area contributed by atoms with E-state index in [4.69, 9.17) is 0 Å². The summed E-state index contributed by atoms with van der Waals surface area (Å²) in [4.78, 5) is 3.08. The Morgan fingerprint density at radius 2 is 1.64 bits per heavy atom. The molecule has 1 heterocycles. The van der Waals surface area contributed by atoms with Gasteiger partial charge in [0, 0.05) is 0 Å². The van der Waals surface area contributed by atoms with E-state index < -0.39 is 28.8 Å². The average molecular weight is 201 g/mol. The van der Waals surface area contributed by atoms with Crippen LogP contribution in [-0.2, 0) is 0 Å². The number of nitrogens with zero attached hydrogens (tertiary/aromatic N) is 1. The van der Waals surface area contributed by atoms with Gasteiger partial charge in [0.25, 0.3) is 5.95 Å². The van der Waals surface area contributed by atoms with Crippen LogP contribution in [0.25, 0.3) is 10.9 Å². The Labute approximate surface area is 76.0 Å². The van der Waals surface area contributed by atoms with Crippen molar-refractivity contribution >= 4 is 10.9 Å². The summed E-state index contributed by atoms with van der Waals surface area (Å²) in [5, 5.41) is -0.633. The number of benzene rings is 1. The smallest absolute Gasteiger partial charge is 0.217 e. The van der Waals surface area contributed by atoms with E-state index in [1.165, 1.54) is 12.1 Å². The van der Waals surface area contributed by atoms with Gasteiger partial charge in [-0.05, 0) is 12.1 Å². The summed E-state index contributed by atoms with van der Waals surface area (Å²) in [6.45, 7) is 0. The van der Waals surface area contributed by atoms with Gasteiger partial charge in [-0.3, -0.25) is 0 Å². The first-order chi connectivity index (χ1) is 6.61. The zero-order valence-electron chi connectivity index (χ0n) is 6.69. The third-order valence-corrected chi connectivity index (χ3v) is 1.80. The van der Waals surface area contributed by atoms with E-state index in [2.05, 4.69) is 4.98 Å². The SMILES string of the molecule is Fc1nc2cccc(F)c2c(F)c1F. The van der Waals surface area contributed by atoms with Gasteiger partial charge in [-0.15, -0.1) is 0 Å². The lowest BCUT2D eigenvalue weighted by Gasteiger charge is -2.01. The van der Waals surface area contributed by atoms with Crippen LogP contribution in [0, 0.1) is 23.4 Å². The van der Waals surface area contributed by atoms with E-state index in [0.717, 1.165) is 6.07 Å². The number of rotatable bonds is 0. The van der Waals surface area contributed by atoms with E-state index in [0.29, 0.717) is 0 Å². The van der Waals surface area contributed by atoms with Crippen LogP contribution in [0.3, 0.4) is 0 Å². The summed E-state index contributed by atoms with van der Waals surface area (Å²) in [6.07, 6.45) is 0. The molecule has 0 amide bonds. The van der Waals surface area contributed by atoms with Crippen LogP contribution in [-0.4, -0.2) is 4.98 Å². The normalized spacial score (nSPS) is 10.9. The van der Waals surface area contributed by atoms with Gasteiger partial charge in [-0.2, -0.15) is 8.78 Å². The fourth-order valence-electron chi connectivity index (χ4n) is 1.18. The molecule has 72 valence electrons. The summed E-state index contributed by atoms with van der Waals surface area (Å²) in [5.41, 5.74) is -0.249. The molecule has 2 rings (SSSR count). The first-order valence-corrected chi connectivity index (χ1v) is 3.70. The largest absolute Gasteiger partial charge is 0.252 e.